The first-order chi connectivity index (χ1) is 8.19. The lowest BCUT2D eigenvalue weighted by molar-refractivity contribution is -0.144. The number of carbonyl (C=O) groups is 3. The number of nitrogens with one attached hydrogen (secondary N) is 1. The van der Waals surface area contributed by atoms with Gasteiger partial charge in [0.2, 0.25) is 0 Å². The molecule has 6 heteroatoms. The highest BCUT2D eigenvalue weighted by molar-refractivity contribution is 5.88. The van der Waals surface area contributed by atoms with Crippen molar-refractivity contribution in [3.8, 4) is 0 Å². The fraction of sp³-hybridized carbons (Fsp3) is 0.750. The van der Waals surface area contributed by atoms with Crippen molar-refractivity contribution >= 4 is 17.8 Å². The normalized spacial score (nSPS) is 12.5. The van der Waals surface area contributed by atoms with Gasteiger partial charge in [-0.25, -0.2) is 9.59 Å². The van der Waals surface area contributed by atoms with Gasteiger partial charge in [0.1, 0.15) is 17.4 Å². The smallest absolute Gasteiger partial charge is 0.408 e. The van der Waals surface area contributed by atoms with Gasteiger partial charge in [0, 0.05) is 12.8 Å². The number of hydrogen-bond donors (Lipinski definition) is 1. The lowest BCUT2D eigenvalue weighted by Crippen LogP contribution is -2.45. The van der Waals surface area contributed by atoms with Crippen molar-refractivity contribution in [3.05, 3.63) is 0 Å². The summed E-state index contributed by atoms with van der Waals surface area (Å²) >= 11 is 0. The number of esters is 1. The van der Waals surface area contributed by atoms with Crippen molar-refractivity contribution in [2.45, 2.75) is 52.2 Å². The van der Waals surface area contributed by atoms with Crippen LogP contribution in [0, 0.1) is 0 Å². The first-order valence-corrected chi connectivity index (χ1v) is 5.78. The van der Waals surface area contributed by atoms with Crippen LogP contribution in [0.1, 0.15) is 40.5 Å². The van der Waals surface area contributed by atoms with E-state index in [0.717, 1.165) is 0 Å². The van der Waals surface area contributed by atoms with E-state index in [9.17, 15) is 14.4 Å². The zero-order chi connectivity index (χ0) is 14.3. The first-order valence-electron chi connectivity index (χ1n) is 5.78. The Labute approximate surface area is 107 Å². The fourth-order valence-electron chi connectivity index (χ4n) is 1.16. The minimum atomic E-state index is -1.00. The van der Waals surface area contributed by atoms with Crippen molar-refractivity contribution in [2.24, 2.45) is 0 Å². The minimum absolute atomic E-state index is 0.0948. The van der Waals surface area contributed by atoms with E-state index in [4.69, 9.17) is 4.74 Å². The molecule has 0 rings (SSSR count). The standard InChI is InChI=1S/C12H21NO5/c1-6-8(14)7-9(10(15)17-5)13-11(16)18-12(2,3)4/h9H,6-7H2,1-5H3,(H,13,16). The molecule has 1 unspecified atom stereocenters. The van der Waals surface area contributed by atoms with E-state index in [1.165, 1.54) is 7.11 Å². The number of rotatable bonds is 5. The highest BCUT2D eigenvalue weighted by Gasteiger charge is 2.26. The van der Waals surface area contributed by atoms with E-state index < -0.39 is 23.7 Å². The van der Waals surface area contributed by atoms with Crippen LogP contribution >= 0.6 is 0 Å². The molecule has 0 radical (unpaired) electrons. The molecule has 0 saturated heterocycles. The topological polar surface area (TPSA) is 81.7 Å². The zero-order valence-electron chi connectivity index (χ0n) is 11.5. The molecule has 0 aliphatic carbocycles. The lowest BCUT2D eigenvalue weighted by atomic mass is 10.1. The predicted molar refractivity (Wildman–Crippen MR) is 65.1 cm³/mol. The molecule has 0 bridgehead atoms. The van der Waals surface area contributed by atoms with Crippen molar-refractivity contribution < 1.29 is 23.9 Å². The Kier molecular flexibility index (Phi) is 6.36. The summed E-state index contributed by atoms with van der Waals surface area (Å²) in [5.41, 5.74) is -0.667. The molecule has 0 fully saturated rings. The molecule has 0 aliphatic heterocycles. The van der Waals surface area contributed by atoms with Gasteiger partial charge in [0.25, 0.3) is 0 Å². The number of methoxy groups -OCH3 is 1. The Morgan fingerprint density at radius 1 is 1.22 bits per heavy atom. The predicted octanol–water partition coefficient (Wildman–Crippen LogP) is 1.42. The van der Waals surface area contributed by atoms with Crippen LogP contribution in [0.4, 0.5) is 4.79 Å². The molecule has 0 heterocycles. The number of Topliss-reactive ketones (excluding diaryl/α,β-unsaturated/α-hetero) is 1. The summed E-state index contributed by atoms with van der Waals surface area (Å²) in [6.07, 6.45) is -0.548. The number of ketones is 1. The van der Waals surface area contributed by atoms with E-state index in [1.54, 1.807) is 27.7 Å². The summed E-state index contributed by atoms with van der Waals surface area (Å²) in [6, 6.07) is -1.00. The highest BCUT2D eigenvalue weighted by atomic mass is 16.6. The Hall–Kier alpha value is -1.59. The van der Waals surface area contributed by atoms with Crippen LogP contribution in [0.2, 0.25) is 0 Å². The minimum Gasteiger partial charge on any atom is -0.467 e. The maximum absolute atomic E-state index is 11.5. The first kappa shape index (κ1) is 16.4. The maximum atomic E-state index is 11.5. The van der Waals surface area contributed by atoms with Crippen molar-refractivity contribution in [1.82, 2.24) is 5.32 Å². The Morgan fingerprint density at radius 2 is 1.78 bits per heavy atom. The summed E-state index contributed by atoms with van der Waals surface area (Å²) in [5.74, 6) is -0.802. The molecule has 0 saturated carbocycles. The molecule has 1 atom stereocenters. The van der Waals surface area contributed by atoms with Gasteiger partial charge in [-0.1, -0.05) is 6.92 Å². The molecule has 0 aromatic rings. The van der Waals surface area contributed by atoms with Crippen LogP contribution in [-0.2, 0) is 19.1 Å². The van der Waals surface area contributed by atoms with Crippen molar-refractivity contribution in [2.75, 3.05) is 7.11 Å². The molecule has 18 heavy (non-hydrogen) atoms. The Balaban J connectivity index is 4.55. The van der Waals surface area contributed by atoms with Crippen LogP contribution in [0.25, 0.3) is 0 Å². The summed E-state index contributed by atoms with van der Waals surface area (Å²) in [4.78, 5) is 34.2. The quantitative estimate of drug-likeness (QED) is 0.755. The molecule has 104 valence electrons. The van der Waals surface area contributed by atoms with Crippen LogP contribution < -0.4 is 5.32 Å². The highest BCUT2D eigenvalue weighted by Crippen LogP contribution is 2.08. The summed E-state index contributed by atoms with van der Waals surface area (Å²) in [6.45, 7) is 6.80. The van der Waals surface area contributed by atoms with E-state index in [1.807, 2.05) is 0 Å². The van der Waals surface area contributed by atoms with Crippen LogP contribution in [0.15, 0.2) is 0 Å². The lowest BCUT2D eigenvalue weighted by Gasteiger charge is -2.22. The third-order valence-electron chi connectivity index (χ3n) is 2.00. The van der Waals surface area contributed by atoms with Gasteiger partial charge >= 0.3 is 12.1 Å². The van der Waals surface area contributed by atoms with Gasteiger partial charge in [0.05, 0.1) is 7.11 Å². The van der Waals surface area contributed by atoms with Gasteiger partial charge in [-0.15, -0.1) is 0 Å². The Morgan fingerprint density at radius 3 is 2.17 bits per heavy atom. The monoisotopic (exact) mass is 259 g/mol. The molecule has 1 N–H and O–H groups in total. The van der Waals surface area contributed by atoms with E-state index >= 15 is 0 Å². The molecule has 0 aromatic heterocycles. The SMILES string of the molecule is CCC(=O)CC(NC(=O)OC(C)(C)C)C(=O)OC. The second kappa shape index (κ2) is 6.98. The number of ether oxygens (including phenoxy) is 2. The van der Waals surface area contributed by atoms with Gasteiger partial charge in [0.15, 0.2) is 0 Å². The molecular weight excluding hydrogens is 238 g/mol. The van der Waals surface area contributed by atoms with Gasteiger partial charge in [-0.05, 0) is 20.8 Å². The molecular formula is C12H21NO5. The van der Waals surface area contributed by atoms with Gasteiger partial charge < -0.3 is 14.8 Å². The second-order valence-electron chi connectivity index (χ2n) is 4.82. The maximum Gasteiger partial charge on any atom is 0.408 e. The summed E-state index contributed by atoms with van der Waals surface area (Å²) < 4.78 is 9.54. The van der Waals surface area contributed by atoms with Crippen molar-refractivity contribution in [3.63, 3.8) is 0 Å². The molecule has 0 spiro atoms. The molecule has 1 amide bonds. The number of amides is 1. The molecule has 6 nitrogen and oxygen atoms in total. The van der Waals surface area contributed by atoms with E-state index in [-0.39, 0.29) is 12.2 Å². The average Bonchev–Trinajstić information content (AvgIpc) is 2.24. The summed E-state index contributed by atoms with van der Waals surface area (Å²) in [5, 5.41) is 2.33. The summed E-state index contributed by atoms with van der Waals surface area (Å²) in [7, 11) is 1.20. The van der Waals surface area contributed by atoms with E-state index in [2.05, 4.69) is 10.1 Å². The zero-order valence-corrected chi connectivity index (χ0v) is 11.5. The van der Waals surface area contributed by atoms with Gasteiger partial charge in [-0.3, -0.25) is 4.79 Å². The third kappa shape index (κ3) is 6.88. The Bertz CT molecular complexity index is 319. The van der Waals surface area contributed by atoms with Crippen LogP contribution in [-0.4, -0.2) is 36.6 Å². The number of hydrogen-bond acceptors (Lipinski definition) is 5. The van der Waals surface area contributed by atoms with Crippen LogP contribution in [0.5, 0.6) is 0 Å². The van der Waals surface area contributed by atoms with Crippen LogP contribution in [0.3, 0.4) is 0 Å². The van der Waals surface area contributed by atoms with Gasteiger partial charge in [-0.2, -0.15) is 0 Å². The molecule has 0 aromatic carbocycles. The number of alkyl carbamates (subject to hydrolysis) is 1. The van der Waals surface area contributed by atoms with Crippen molar-refractivity contribution in [1.29, 1.82) is 0 Å². The second-order valence-corrected chi connectivity index (χ2v) is 4.82. The largest absolute Gasteiger partial charge is 0.467 e. The fourth-order valence-corrected chi connectivity index (χ4v) is 1.16. The third-order valence-corrected chi connectivity index (χ3v) is 2.00. The average molecular weight is 259 g/mol. The number of carbonyl (C=O) groups excluding carboxylic acids is 3. The van der Waals surface area contributed by atoms with E-state index in [0.29, 0.717) is 6.42 Å². The molecule has 0 aliphatic rings.